The van der Waals surface area contributed by atoms with Gasteiger partial charge in [-0.05, 0) is 28.0 Å². The van der Waals surface area contributed by atoms with E-state index in [0.717, 1.165) is 12.4 Å². The second kappa shape index (κ2) is 7.39. The van der Waals surface area contributed by atoms with Crippen LogP contribution in [0, 0.1) is 0 Å². The van der Waals surface area contributed by atoms with Gasteiger partial charge >= 0.3 is 0 Å². The summed E-state index contributed by atoms with van der Waals surface area (Å²) < 4.78 is 11.9. The Bertz CT molecular complexity index is 470. The molecule has 0 aliphatic carbocycles. The van der Waals surface area contributed by atoms with Gasteiger partial charge in [0.1, 0.15) is 5.75 Å². The normalized spacial score (nSPS) is 13.3. The second-order valence-electron chi connectivity index (χ2n) is 9.66. The van der Waals surface area contributed by atoms with E-state index < -0.39 is 8.07 Å². The minimum atomic E-state index is -1.05. The van der Waals surface area contributed by atoms with Crippen molar-refractivity contribution in [1.82, 2.24) is 0 Å². The molecule has 0 atom stereocenters. The molecule has 0 amide bonds. The van der Waals surface area contributed by atoms with E-state index in [-0.39, 0.29) is 10.8 Å². The van der Waals surface area contributed by atoms with Crippen LogP contribution in [0.4, 0.5) is 0 Å². The lowest BCUT2D eigenvalue weighted by molar-refractivity contribution is 0.0199. The molecule has 23 heavy (non-hydrogen) atoms. The number of hydrogen-bond donors (Lipinski definition) is 0. The standard InChI is InChI=1S/C20H36O2Si/c1-19(2,3)16-11-10-12-17(20(4,5)6)18(16)22-15-21-13-14-23(7,8)9/h10-12H,13-15H2,1-9H3. The molecule has 1 aromatic rings. The summed E-state index contributed by atoms with van der Waals surface area (Å²) in [6.45, 7) is 21.6. The third kappa shape index (κ3) is 6.68. The van der Waals surface area contributed by atoms with Crippen molar-refractivity contribution in [2.75, 3.05) is 13.4 Å². The summed E-state index contributed by atoms with van der Waals surface area (Å²) in [7, 11) is -1.05. The van der Waals surface area contributed by atoms with Crippen LogP contribution in [0.2, 0.25) is 25.7 Å². The highest BCUT2D eigenvalue weighted by Gasteiger charge is 2.26. The van der Waals surface area contributed by atoms with Gasteiger partial charge in [0.25, 0.3) is 0 Å². The first-order chi connectivity index (χ1) is 10.3. The van der Waals surface area contributed by atoms with Gasteiger partial charge in [-0.3, -0.25) is 0 Å². The maximum atomic E-state index is 6.13. The fourth-order valence-electron chi connectivity index (χ4n) is 2.41. The average molecular weight is 337 g/mol. The van der Waals surface area contributed by atoms with Crippen LogP contribution in [-0.4, -0.2) is 21.5 Å². The molecule has 0 N–H and O–H groups in total. The molecule has 132 valence electrons. The molecule has 2 nitrogen and oxygen atoms in total. The van der Waals surface area contributed by atoms with Crippen LogP contribution >= 0.6 is 0 Å². The predicted octanol–water partition coefficient (Wildman–Crippen LogP) is 5.97. The summed E-state index contributed by atoms with van der Waals surface area (Å²) in [6.07, 6.45) is 0. The topological polar surface area (TPSA) is 18.5 Å². The third-order valence-electron chi connectivity index (χ3n) is 3.91. The van der Waals surface area contributed by atoms with Gasteiger partial charge in [-0.15, -0.1) is 0 Å². The number of rotatable bonds is 6. The Hall–Kier alpha value is -0.803. The Balaban J connectivity index is 2.90. The van der Waals surface area contributed by atoms with Gasteiger partial charge in [-0.1, -0.05) is 79.4 Å². The van der Waals surface area contributed by atoms with Crippen LogP contribution < -0.4 is 4.74 Å². The Labute approximate surface area is 144 Å². The average Bonchev–Trinajstić information content (AvgIpc) is 2.34. The monoisotopic (exact) mass is 336 g/mol. The minimum Gasteiger partial charge on any atom is -0.467 e. The summed E-state index contributed by atoms with van der Waals surface area (Å²) in [5.41, 5.74) is 2.60. The summed E-state index contributed by atoms with van der Waals surface area (Å²) in [5, 5.41) is 0. The van der Waals surface area contributed by atoms with E-state index in [1.54, 1.807) is 0 Å². The highest BCUT2D eigenvalue weighted by molar-refractivity contribution is 6.76. The molecule has 0 fully saturated rings. The molecular formula is C20H36O2Si. The van der Waals surface area contributed by atoms with Crippen molar-refractivity contribution in [1.29, 1.82) is 0 Å². The quantitative estimate of drug-likeness (QED) is 0.362. The molecule has 0 heterocycles. The number of hydrogen-bond acceptors (Lipinski definition) is 2. The van der Waals surface area contributed by atoms with E-state index >= 15 is 0 Å². The first-order valence-corrected chi connectivity index (χ1v) is 12.4. The molecule has 0 aliphatic rings. The Morgan fingerprint density at radius 2 is 1.35 bits per heavy atom. The number of benzene rings is 1. The summed E-state index contributed by atoms with van der Waals surface area (Å²) in [6, 6.07) is 7.66. The molecular weight excluding hydrogens is 300 g/mol. The number of para-hydroxylation sites is 1. The SMILES string of the molecule is CC(C)(C)c1cccc(C(C)(C)C)c1OCOCC[Si](C)(C)C. The predicted molar refractivity (Wildman–Crippen MR) is 103 cm³/mol. The number of ether oxygens (including phenoxy) is 2. The van der Waals surface area contributed by atoms with Crippen molar-refractivity contribution in [3.63, 3.8) is 0 Å². The van der Waals surface area contributed by atoms with Crippen LogP contribution in [-0.2, 0) is 15.6 Å². The maximum Gasteiger partial charge on any atom is 0.189 e. The van der Waals surface area contributed by atoms with Crippen LogP contribution in [0.15, 0.2) is 18.2 Å². The Kier molecular flexibility index (Phi) is 6.51. The van der Waals surface area contributed by atoms with E-state index in [9.17, 15) is 0 Å². The molecule has 3 heteroatoms. The fourth-order valence-corrected chi connectivity index (χ4v) is 3.17. The van der Waals surface area contributed by atoms with Crippen molar-refractivity contribution >= 4 is 8.07 Å². The van der Waals surface area contributed by atoms with Crippen molar-refractivity contribution in [2.24, 2.45) is 0 Å². The zero-order valence-electron chi connectivity index (χ0n) is 16.7. The maximum absolute atomic E-state index is 6.13. The van der Waals surface area contributed by atoms with Gasteiger partial charge in [-0.2, -0.15) is 0 Å². The summed E-state index contributed by atoms with van der Waals surface area (Å²) in [4.78, 5) is 0. The Morgan fingerprint density at radius 1 is 0.870 bits per heavy atom. The van der Waals surface area contributed by atoms with Crippen molar-refractivity contribution < 1.29 is 9.47 Å². The highest BCUT2D eigenvalue weighted by Crippen LogP contribution is 2.39. The molecule has 0 spiro atoms. The Morgan fingerprint density at radius 3 is 1.74 bits per heavy atom. The summed E-state index contributed by atoms with van der Waals surface area (Å²) >= 11 is 0. The largest absolute Gasteiger partial charge is 0.467 e. The lowest BCUT2D eigenvalue weighted by atomic mass is 9.79. The molecule has 0 aliphatic heterocycles. The van der Waals surface area contributed by atoms with Crippen molar-refractivity contribution in [2.45, 2.75) is 78.1 Å². The van der Waals surface area contributed by atoms with E-state index in [2.05, 4.69) is 79.4 Å². The van der Waals surface area contributed by atoms with E-state index in [0.29, 0.717) is 6.79 Å². The van der Waals surface area contributed by atoms with Crippen LogP contribution in [0.5, 0.6) is 5.75 Å². The van der Waals surface area contributed by atoms with Gasteiger partial charge in [0.05, 0.1) is 0 Å². The molecule has 0 aromatic heterocycles. The first kappa shape index (κ1) is 20.2. The second-order valence-corrected chi connectivity index (χ2v) is 15.3. The highest BCUT2D eigenvalue weighted by atomic mass is 28.3. The van der Waals surface area contributed by atoms with Gasteiger partial charge < -0.3 is 9.47 Å². The van der Waals surface area contributed by atoms with Crippen LogP contribution in [0.25, 0.3) is 0 Å². The van der Waals surface area contributed by atoms with Gasteiger partial charge in [0.2, 0.25) is 0 Å². The third-order valence-corrected chi connectivity index (χ3v) is 5.62. The zero-order valence-corrected chi connectivity index (χ0v) is 17.7. The van der Waals surface area contributed by atoms with Crippen molar-refractivity contribution in [3.8, 4) is 5.75 Å². The molecule has 0 radical (unpaired) electrons. The van der Waals surface area contributed by atoms with Crippen LogP contribution in [0.3, 0.4) is 0 Å². The molecule has 1 aromatic carbocycles. The molecule has 1 rings (SSSR count). The van der Waals surface area contributed by atoms with Gasteiger partial charge in [0.15, 0.2) is 6.79 Å². The van der Waals surface area contributed by atoms with E-state index in [1.807, 2.05) is 0 Å². The lowest BCUT2D eigenvalue weighted by Gasteiger charge is -2.29. The van der Waals surface area contributed by atoms with Gasteiger partial charge in [0, 0.05) is 14.7 Å². The lowest BCUT2D eigenvalue weighted by Crippen LogP contribution is -2.23. The minimum absolute atomic E-state index is 0.0505. The molecule has 0 saturated carbocycles. The van der Waals surface area contributed by atoms with Gasteiger partial charge in [-0.25, -0.2) is 0 Å². The smallest absolute Gasteiger partial charge is 0.189 e. The molecule has 0 unspecified atom stereocenters. The van der Waals surface area contributed by atoms with E-state index in [4.69, 9.17) is 9.47 Å². The van der Waals surface area contributed by atoms with Crippen molar-refractivity contribution in [3.05, 3.63) is 29.3 Å². The summed E-state index contributed by atoms with van der Waals surface area (Å²) in [5.74, 6) is 1.00. The molecule has 0 saturated heterocycles. The van der Waals surface area contributed by atoms with Crippen LogP contribution in [0.1, 0.15) is 52.7 Å². The van der Waals surface area contributed by atoms with E-state index in [1.165, 1.54) is 17.2 Å². The zero-order chi connectivity index (χ0) is 17.9. The molecule has 0 bridgehead atoms. The first-order valence-electron chi connectivity index (χ1n) is 8.67. The fraction of sp³-hybridized carbons (Fsp3) is 0.700.